The highest BCUT2D eigenvalue weighted by atomic mass is 79.9. The topological polar surface area (TPSA) is 64.6 Å². The summed E-state index contributed by atoms with van der Waals surface area (Å²) < 4.78 is 37.7. The molecular weight excluding hydrogens is 460 g/mol. The van der Waals surface area contributed by atoms with Gasteiger partial charge >= 0.3 is 5.97 Å². The summed E-state index contributed by atoms with van der Waals surface area (Å²) in [5.74, 6) is -2.60. The van der Waals surface area contributed by atoms with Gasteiger partial charge in [-0.1, -0.05) is 36.4 Å². The molecule has 0 unspecified atom stereocenters. The Hall–Kier alpha value is -3.26. The number of amides is 1. The van der Waals surface area contributed by atoms with E-state index in [1.165, 1.54) is 0 Å². The van der Waals surface area contributed by atoms with E-state index in [1.807, 2.05) is 18.2 Å². The number of rotatable bonds is 7. The number of hydrogen-bond donors (Lipinski definition) is 1. The van der Waals surface area contributed by atoms with E-state index in [4.69, 9.17) is 9.47 Å². The Balaban J connectivity index is 1.60. The van der Waals surface area contributed by atoms with E-state index < -0.39 is 30.1 Å². The van der Waals surface area contributed by atoms with Gasteiger partial charge in [0.1, 0.15) is 18.2 Å². The van der Waals surface area contributed by atoms with Crippen molar-refractivity contribution < 1.29 is 27.8 Å². The van der Waals surface area contributed by atoms with Gasteiger partial charge in [-0.25, -0.2) is 13.6 Å². The molecule has 0 bridgehead atoms. The van der Waals surface area contributed by atoms with Crippen LogP contribution in [0.3, 0.4) is 0 Å². The van der Waals surface area contributed by atoms with Gasteiger partial charge in [0, 0.05) is 16.1 Å². The number of hydrogen-bond acceptors (Lipinski definition) is 4. The van der Waals surface area contributed by atoms with Crippen LogP contribution in [0.1, 0.15) is 15.9 Å². The van der Waals surface area contributed by atoms with Crippen molar-refractivity contribution in [2.75, 3.05) is 11.9 Å². The van der Waals surface area contributed by atoms with E-state index in [9.17, 15) is 18.4 Å². The summed E-state index contributed by atoms with van der Waals surface area (Å²) in [5.41, 5.74) is 0.587. The zero-order valence-electron chi connectivity index (χ0n) is 15.5. The minimum absolute atomic E-state index is 0.0306. The van der Waals surface area contributed by atoms with Crippen molar-refractivity contribution in [3.8, 4) is 5.75 Å². The smallest absolute Gasteiger partial charge is 0.339 e. The standard InChI is InChI=1S/C22H16BrF2NO4/c23-18-10-15(24)11-19(25)21(18)26-20(27)13-30-22(28)17-9-5-4-6-14(17)12-29-16-7-2-1-3-8-16/h1-11H,12-13H2,(H,26,27). The van der Waals surface area contributed by atoms with E-state index in [0.29, 0.717) is 17.4 Å². The molecule has 3 aromatic rings. The molecule has 1 N–H and O–H groups in total. The summed E-state index contributed by atoms with van der Waals surface area (Å²) in [5, 5.41) is 2.24. The molecule has 0 fully saturated rings. The number of benzene rings is 3. The number of carbonyl (C=O) groups excluding carboxylic acids is 2. The van der Waals surface area contributed by atoms with Crippen molar-refractivity contribution in [1.29, 1.82) is 0 Å². The molecule has 154 valence electrons. The molecule has 1 amide bonds. The van der Waals surface area contributed by atoms with Gasteiger partial charge in [0.2, 0.25) is 0 Å². The SMILES string of the molecule is O=C(COC(=O)c1ccccc1COc1ccccc1)Nc1c(F)cc(F)cc1Br. The van der Waals surface area contributed by atoms with Crippen LogP contribution in [0.5, 0.6) is 5.75 Å². The van der Waals surface area contributed by atoms with Crippen LogP contribution in [-0.2, 0) is 16.1 Å². The first-order valence-electron chi connectivity index (χ1n) is 8.81. The average molecular weight is 476 g/mol. The van der Waals surface area contributed by atoms with Crippen LogP contribution >= 0.6 is 15.9 Å². The van der Waals surface area contributed by atoms with Crippen LogP contribution in [-0.4, -0.2) is 18.5 Å². The van der Waals surface area contributed by atoms with Gasteiger partial charge in [-0.3, -0.25) is 4.79 Å². The number of para-hydroxylation sites is 1. The molecule has 0 radical (unpaired) electrons. The first-order chi connectivity index (χ1) is 14.4. The van der Waals surface area contributed by atoms with Gasteiger partial charge in [0.05, 0.1) is 11.3 Å². The number of anilines is 1. The third-order valence-electron chi connectivity index (χ3n) is 3.98. The summed E-state index contributed by atoms with van der Waals surface area (Å²) >= 11 is 2.97. The lowest BCUT2D eigenvalue weighted by atomic mass is 10.1. The predicted octanol–water partition coefficient (Wildman–Crippen LogP) is 5.10. The van der Waals surface area contributed by atoms with Gasteiger partial charge in [0.15, 0.2) is 12.4 Å². The van der Waals surface area contributed by atoms with Crippen LogP contribution in [0.15, 0.2) is 71.2 Å². The monoisotopic (exact) mass is 475 g/mol. The second kappa shape index (κ2) is 9.98. The number of carbonyl (C=O) groups is 2. The molecule has 0 spiro atoms. The van der Waals surface area contributed by atoms with E-state index in [0.717, 1.165) is 6.07 Å². The minimum atomic E-state index is -0.954. The lowest BCUT2D eigenvalue weighted by Gasteiger charge is -2.12. The van der Waals surface area contributed by atoms with Crippen LogP contribution in [0, 0.1) is 11.6 Å². The van der Waals surface area contributed by atoms with Gasteiger partial charge in [0.25, 0.3) is 5.91 Å². The lowest BCUT2D eigenvalue weighted by Crippen LogP contribution is -2.22. The van der Waals surface area contributed by atoms with E-state index in [1.54, 1.807) is 36.4 Å². The van der Waals surface area contributed by atoms with Crippen molar-refractivity contribution in [3.63, 3.8) is 0 Å². The fourth-order valence-corrected chi connectivity index (χ4v) is 3.08. The summed E-state index contributed by atoms with van der Waals surface area (Å²) in [6.07, 6.45) is 0. The quantitative estimate of drug-likeness (QED) is 0.482. The van der Waals surface area contributed by atoms with E-state index in [-0.39, 0.29) is 22.3 Å². The molecule has 0 aliphatic rings. The van der Waals surface area contributed by atoms with Crippen molar-refractivity contribution in [2.24, 2.45) is 0 Å². The normalized spacial score (nSPS) is 10.4. The number of esters is 1. The lowest BCUT2D eigenvalue weighted by molar-refractivity contribution is -0.119. The molecule has 0 saturated carbocycles. The van der Waals surface area contributed by atoms with Crippen LogP contribution < -0.4 is 10.1 Å². The molecule has 3 rings (SSSR count). The third kappa shape index (κ3) is 5.64. The molecule has 3 aromatic carbocycles. The van der Waals surface area contributed by atoms with Crippen LogP contribution in [0.2, 0.25) is 0 Å². The van der Waals surface area contributed by atoms with Crippen molar-refractivity contribution in [1.82, 2.24) is 0 Å². The summed E-state index contributed by atoms with van der Waals surface area (Å²) in [7, 11) is 0. The molecule has 0 saturated heterocycles. The Morgan fingerprint density at radius 3 is 2.40 bits per heavy atom. The van der Waals surface area contributed by atoms with Crippen molar-refractivity contribution in [3.05, 3.63) is 94.0 Å². The molecule has 0 heterocycles. The molecule has 5 nitrogen and oxygen atoms in total. The fraction of sp³-hybridized carbons (Fsp3) is 0.0909. The van der Waals surface area contributed by atoms with E-state index in [2.05, 4.69) is 21.2 Å². The fourth-order valence-electron chi connectivity index (χ4n) is 2.57. The zero-order chi connectivity index (χ0) is 21.5. The average Bonchev–Trinajstić information content (AvgIpc) is 2.74. The highest BCUT2D eigenvalue weighted by Gasteiger charge is 2.17. The Morgan fingerprint density at radius 2 is 1.67 bits per heavy atom. The number of halogens is 3. The molecule has 0 aliphatic carbocycles. The van der Waals surface area contributed by atoms with Gasteiger partial charge in [-0.2, -0.15) is 0 Å². The zero-order valence-corrected chi connectivity index (χ0v) is 17.1. The first-order valence-corrected chi connectivity index (χ1v) is 9.60. The maximum absolute atomic E-state index is 13.8. The van der Waals surface area contributed by atoms with Gasteiger partial charge in [-0.15, -0.1) is 0 Å². The van der Waals surface area contributed by atoms with Crippen molar-refractivity contribution >= 4 is 33.5 Å². The van der Waals surface area contributed by atoms with Gasteiger partial charge < -0.3 is 14.8 Å². The maximum atomic E-state index is 13.8. The summed E-state index contributed by atoms with van der Waals surface area (Å²) in [6.45, 7) is -0.509. The van der Waals surface area contributed by atoms with Crippen LogP contribution in [0.4, 0.5) is 14.5 Å². The Labute approximate surface area is 179 Å². The number of nitrogens with one attached hydrogen (secondary N) is 1. The molecule has 0 atom stereocenters. The summed E-state index contributed by atoms with van der Waals surface area (Å²) in [6, 6.07) is 17.4. The third-order valence-corrected chi connectivity index (χ3v) is 4.61. The van der Waals surface area contributed by atoms with Gasteiger partial charge in [-0.05, 0) is 40.2 Å². The Bertz CT molecular complexity index is 1040. The highest BCUT2D eigenvalue weighted by molar-refractivity contribution is 9.10. The summed E-state index contributed by atoms with van der Waals surface area (Å²) in [4.78, 5) is 24.5. The largest absolute Gasteiger partial charge is 0.489 e. The molecule has 0 aliphatic heterocycles. The molecule has 8 heteroatoms. The second-order valence-corrected chi connectivity index (χ2v) is 6.98. The van der Waals surface area contributed by atoms with E-state index >= 15 is 0 Å². The first kappa shape index (κ1) is 21.4. The Kier molecular flexibility index (Phi) is 7.13. The molecule has 30 heavy (non-hydrogen) atoms. The molecule has 0 aromatic heterocycles. The number of ether oxygens (including phenoxy) is 2. The Morgan fingerprint density at radius 1 is 0.967 bits per heavy atom. The maximum Gasteiger partial charge on any atom is 0.339 e. The van der Waals surface area contributed by atoms with Crippen LogP contribution in [0.25, 0.3) is 0 Å². The second-order valence-electron chi connectivity index (χ2n) is 6.13. The predicted molar refractivity (Wildman–Crippen MR) is 110 cm³/mol. The van der Waals surface area contributed by atoms with Crippen molar-refractivity contribution in [2.45, 2.75) is 6.61 Å². The highest BCUT2D eigenvalue weighted by Crippen LogP contribution is 2.26. The molecular formula is C22H16BrF2NO4. The minimum Gasteiger partial charge on any atom is -0.489 e.